The van der Waals surface area contributed by atoms with Gasteiger partial charge in [-0.2, -0.15) is 0 Å². The van der Waals surface area contributed by atoms with Gasteiger partial charge >= 0.3 is 5.97 Å². The van der Waals surface area contributed by atoms with Crippen LogP contribution in [-0.4, -0.2) is 31.8 Å². The molecule has 1 saturated carbocycles. The molecule has 0 radical (unpaired) electrons. The Bertz CT molecular complexity index is 208. The molecule has 94 valence electrons. The maximum absolute atomic E-state index is 11.6. The normalized spacial score (nSPS) is 25.4. The SMILES string of the molecule is CCCOCCOC(=O)C1CCCC(N)C1. The molecule has 2 unspecified atom stereocenters. The van der Waals surface area contributed by atoms with Crippen LogP contribution >= 0.6 is 0 Å². The van der Waals surface area contributed by atoms with E-state index < -0.39 is 0 Å². The highest BCUT2D eigenvalue weighted by Crippen LogP contribution is 2.23. The lowest BCUT2D eigenvalue weighted by Crippen LogP contribution is -2.32. The Balaban J connectivity index is 2.09. The van der Waals surface area contributed by atoms with Gasteiger partial charge in [-0.1, -0.05) is 13.3 Å². The number of carbonyl (C=O) groups is 1. The summed E-state index contributed by atoms with van der Waals surface area (Å²) in [6.07, 6.45) is 4.75. The van der Waals surface area contributed by atoms with Crippen molar-refractivity contribution in [2.75, 3.05) is 19.8 Å². The number of carbonyl (C=O) groups excluding carboxylic acids is 1. The van der Waals surface area contributed by atoms with E-state index in [1.165, 1.54) is 0 Å². The maximum atomic E-state index is 11.6. The Kier molecular flexibility index (Phi) is 6.42. The third-order valence-electron chi connectivity index (χ3n) is 2.87. The van der Waals surface area contributed by atoms with Crippen LogP contribution in [0.2, 0.25) is 0 Å². The smallest absolute Gasteiger partial charge is 0.309 e. The van der Waals surface area contributed by atoms with Gasteiger partial charge in [0.25, 0.3) is 0 Å². The monoisotopic (exact) mass is 229 g/mol. The highest BCUT2D eigenvalue weighted by atomic mass is 16.6. The molecule has 0 heterocycles. The lowest BCUT2D eigenvalue weighted by molar-refractivity contribution is -0.151. The second kappa shape index (κ2) is 7.63. The van der Waals surface area contributed by atoms with Crippen LogP contribution in [-0.2, 0) is 14.3 Å². The summed E-state index contributed by atoms with van der Waals surface area (Å²) < 4.78 is 10.4. The van der Waals surface area contributed by atoms with Crippen LogP contribution in [0.3, 0.4) is 0 Å². The summed E-state index contributed by atoms with van der Waals surface area (Å²) in [5.74, 6) is -0.0924. The topological polar surface area (TPSA) is 61.5 Å². The third-order valence-corrected chi connectivity index (χ3v) is 2.87. The van der Waals surface area contributed by atoms with E-state index in [0.29, 0.717) is 13.2 Å². The highest BCUT2D eigenvalue weighted by molar-refractivity contribution is 5.72. The summed E-state index contributed by atoms with van der Waals surface area (Å²) in [5.41, 5.74) is 5.82. The fourth-order valence-corrected chi connectivity index (χ4v) is 2.01. The van der Waals surface area contributed by atoms with Crippen molar-refractivity contribution in [3.63, 3.8) is 0 Å². The second-order valence-electron chi connectivity index (χ2n) is 4.40. The van der Waals surface area contributed by atoms with Crippen molar-refractivity contribution in [3.8, 4) is 0 Å². The van der Waals surface area contributed by atoms with E-state index in [1.807, 2.05) is 0 Å². The molecule has 0 aromatic rings. The summed E-state index contributed by atoms with van der Waals surface area (Å²) in [7, 11) is 0. The molecule has 4 heteroatoms. The van der Waals surface area contributed by atoms with Crippen molar-refractivity contribution >= 4 is 5.97 Å². The van der Waals surface area contributed by atoms with Crippen molar-refractivity contribution in [3.05, 3.63) is 0 Å². The van der Waals surface area contributed by atoms with Crippen molar-refractivity contribution in [1.29, 1.82) is 0 Å². The number of esters is 1. The zero-order chi connectivity index (χ0) is 11.8. The molecule has 1 rings (SSSR count). The number of ether oxygens (including phenoxy) is 2. The quantitative estimate of drug-likeness (QED) is 0.553. The predicted molar refractivity (Wildman–Crippen MR) is 62.0 cm³/mol. The van der Waals surface area contributed by atoms with Gasteiger partial charge in [-0.05, 0) is 25.7 Å². The van der Waals surface area contributed by atoms with Crippen LogP contribution in [0.1, 0.15) is 39.0 Å². The lowest BCUT2D eigenvalue weighted by atomic mass is 9.86. The van der Waals surface area contributed by atoms with Gasteiger partial charge in [0, 0.05) is 12.6 Å². The average Bonchev–Trinajstić information content (AvgIpc) is 2.28. The van der Waals surface area contributed by atoms with Crippen LogP contribution in [0.15, 0.2) is 0 Å². The Hall–Kier alpha value is -0.610. The highest BCUT2D eigenvalue weighted by Gasteiger charge is 2.26. The van der Waals surface area contributed by atoms with Gasteiger partial charge in [0.2, 0.25) is 0 Å². The van der Waals surface area contributed by atoms with Gasteiger partial charge in [0.05, 0.1) is 12.5 Å². The van der Waals surface area contributed by atoms with Gasteiger partial charge in [-0.15, -0.1) is 0 Å². The van der Waals surface area contributed by atoms with Crippen LogP contribution in [0.25, 0.3) is 0 Å². The second-order valence-corrected chi connectivity index (χ2v) is 4.40. The Morgan fingerprint density at radius 3 is 2.81 bits per heavy atom. The number of nitrogens with two attached hydrogens (primary N) is 1. The molecule has 0 amide bonds. The van der Waals surface area contributed by atoms with Crippen molar-refractivity contribution < 1.29 is 14.3 Å². The van der Waals surface area contributed by atoms with E-state index in [9.17, 15) is 4.79 Å². The first kappa shape index (κ1) is 13.5. The van der Waals surface area contributed by atoms with Crippen molar-refractivity contribution in [2.24, 2.45) is 11.7 Å². The molecule has 1 fully saturated rings. The lowest BCUT2D eigenvalue weighted by Gasteiger charge is -2.24. The number of hydrogen-bond acceptors (Lipinski definition) is 4. The molecular formula is C12H23NO3. The first-order valence-electron chi connectivity index (χ1n) is 6.24. The van der Waals surface area contributed by atoms with Gasteiger partial charge in [0.1, 0.15) is 6.61 Å². The molecule has 0 bridgehead atoms. The summed E-state index contributed by atoms with van der Waals surface area (Å²) in [4.78, 5) is 11.6. The molecule has 2 atom stereocenters. The van der Waals surface area contributed by atoms with Gasteiger partial charge in [-0.3, -0.25) is 4.79 Å². The largest absolute Gasteiger partial charge is 0.463 e. The van der Waals surface area contributed by atoms with E-state index in [4.69, 9.17) is 15.2 Å². The zero-order valence-corrected chi connectivity index (χ0v) is 10.1. The van der Waals surface area contributed by atoms with Crippen LogP contribution in [0, 0.1) is 5.92 Å². The third kappa shape index (κ3) is 4.94. The van der Waals surface area contributed by atoms with Gasteiger partial charge in [0.15, 0.2) is 0 Å². The number of rotatable bonds is 6. The maximum Gasteiger partial charge on any atom is 0.309 e. The molecule has 0 spiro atoms. The first-order valence-corrected chi connectivity index (χ1v) is 6.24. The molecule has 4 nitrogen and oxygen atoms in total. The molecule has 0 aliphatic heterocycles. The van der Waals surface area contributed by atoms with Gasteiger partial charge in [-0.25, -0.2) is 0 Å². The van der Waals surface area contributed by atoms with Gasteiger partial charge < -0.3 is 15.2 Å². The minimum atomic E-state index is -0.102. The van der Waals surface area contributed by atoms with Crippen molar-refractivity contribution in [1.82, 2.24) is 0 Å². The Morgan fingerprint density at radius 1 is 1.31 bits per heavy atom. The fraction of sp³-hybridized carbons (Fsp3) is 0.917. The van der Waals surface area contributed by atoms with E-state index >= 15 is 0 Å². The Morgan fingerprint density at radius 2 is 2.12 bits per heavy atom. The predicted octanol–water partition coefficient (Wildman–Crippen LogP) is 1.47. The molecule has 0 aromatic heterocycles. The van der Waals surface area contributed by atoms with Crippen molar-refractivity contribution in [2.45, 2.75) is 45.1 Å². The molecule has 0 aromatic carbocycles. The van der Waals surface area contributed by atoms with E-state index in [0.717, 1.165) is 38.7 Å². The minimum absolute atomic E-state index is 0.00919. The molecule has 1 aliphatic rings. The van der Waals surface area contributed by atoms with Crippen LogP contribution in [0.5, 0.6) is 0 Å². The summed E-state index contributed by atoms with van der Waals surface area (Å²) in [6.45, 7) is 3.64. The minimum Gasteiger partial charge on any atom is -0.463 e. The number of hydrogen-bond donors (Lipinski definition) is 1. The van der Waals surface area contributed by atoms with E-state index in [1.54, 1.807) is 0 Å². The molecule has 16 heavy (non-hydrogen) atoms. The molecule has 2 N–H and O–H groups in total. The zero-order valence-electron chi connectivity index (χ0n) is 10.1. The summed E-state index contributed by atoms with van der Waals surface area (Å²) in [6, 6.07) is 0.169. The van der Waals surface area contributed by atoms with E-state index in [-0.39, 0.29) is 17.9 Å². The molecule has 0 saturated heterocycles. The fourth-order valence-electron chi connectivity index (χ4n) is 2.01. The summed E-state index contributed by atoms with van der Waals surface area (Å²) in [5, 5.41) is 0. The molecule has 1 aliphatic carbocycles. The summed E-state index contributed by atoms with van der Waals surface area (Å²) >= 11 is 0. The van der Waals surface area contributed by atoms with Crippen LogP contribution < -0.4 is 5.73 Å². The van der Waals surface area contributed by atoms with E-state index in [2.05, 4.69) is 6.92 Å². The Labute approximate surface area is 97.5 Å². The standard InChI is InChI=1S/C12H23NO3/c1-2-6-15-7-8-16-12(14)10-4-3-5-11(13)9-10/h10-11H,2-9,13H2,1H3. The molecular weight excluding hydrogens is 206 g/mol. The average molecular weight is 229 g/mol. The van der Waals surface area contributed by atoms with Crippen LogP contribution in [0.4, 0.5) is 0 Å². The first-order chi connectivity index (χ1) is 7.74.